The summed E-state index contributed by atoms with van der Waals surface area (Å²) in [5.74, 6) is 0.301. The third-order valence-electron chi connectivity index (χ3n) is 5.80. The van der Waals surface area contributed by atoms with E-state index in [1.165, 1.54) is 26.9 Å². The van der Waals surface area contributed by atoms with Gasteiger partial charge < -0.3 is 19.7 Å². The number of nitrogens with one attached hydrogen (secondary N) is 1. The summed E-state index contributed by atoms with van der Waals surface area (Å²) >= 11 is 9.34. The highest BCUT2D eigenvalue weighted by Crippen LogP contribution is 2.57. The molecule has 17 nitrogen and oxygen atoms in total. The Morgan fingerprint density at radius 1 is 1.38 bits per heavy atom. The molecule has 0 aromatic carbocycles. The summed E-state index contributed by atoms with van der Waals surface area (Å²) < 4.78 is 58.6. The van der Waals surface area contributed by atoms with E-state index in [1.54, 1.807) is 11.7 Å². The zero-order valence-electron chi connectivity index (χ0n) is 21.0. The predicted molar refractivity (Wildman–Crippen MR) is 154 cm³/mol. The first-order valence-electron chi connectivity index (χ1n) is 11.8. The molecule has 3 N–H and O–H groups in total. The Morgan fingerprint density at radius 2 is 2.21 bits per heavy atom. The van der Waals surface area contributed by atoms with E-state index < -0.39 is 43.6 Å². The van der Waals surface area contributed by atoms with Gasteiger partial charge in [-0.05, 0) is 0 Å². The maximum absolute atomic E-state index is 15.7. The van der Waals surface area contributed by atoms with Crippen molar-refractivity contribution in [2.45, 2.75) is 37.8 Å². The molecule has 1 fully saturated rings. The number of imidazole rings is 1. The number of thiol groups is 2. The van der Waals surface area contributed by atoms with E-state index in [4.69, 9.17) is 28.8 Å². The Balaban J connectivity index is 1.38. The van der Waals surface area contributed by atoms with Gasteiger partial charge in [-0.15, -0.1) is 28.7 Å². The molecule has 5 heterocycles. The number of halogens is 1. The maximum Gasteiger partial charge on any atom is 0.387 e. The molecular formula is C19H22FN9O8P2S3. The van der Waals surface area contributed by atoms with Crippen molar-refractivity contribution in [3.8, 4) is 10.7 Å². The van der Waals surface area contributed by atoms with Crippen LogP contribution in [-0.2, 0) is 45.6 Å². The number of nitrogen functional groups attached to an aromatic ring is 1. The van der Waals surface area contributed by atoms with E-state index >= 15 is 4.39 Å². The monoisotopic (exact) mass is 681 g/mol. The second-order valence-electron chi connectivity index (χ2n) is 8.41. The molecule has 0 spiro atoms. The van der Waals surface area contributed by atoms with Gasteiger partial charge >= 0.3 is 6.80 Å². The number of alkyl halides is 1. The van der Waals surface area contributed by atoms with Crippen molar-refractivity contribution in [2.75, 3.05) is 18.9 Å². The summed E-state index contributed by atoms with van der Waals surface area (Å²) in [4.78, 5) is 42.3. The fourth-order valence-electron chi connectivity index (χ4n) is 4.02. The first-order chi connectivity index (χ1) is 20.2. The van der Waals surface area contributed by atoms with Gasteiger partial charge in [0.05, 0.1) is 37.9 Å². The maximum atomic E-state index is 15.7. The standard InChI is InChI=1S/C19H22FN9O8P2S3/c20-12-9(4-34-38-40)36-18(28-6-23-13-16(28)25-19(21)26-17(13)31)14(12)37-39(32,41)35-5-11-24-15(10-3-22-7-42-10)27-29(11)1-2-33-8-30/h3,6-9,12,14,18,38,40H,1-2,4-5H2,(H,32,41)(H3,21,25,26,31)/t9-,12+,14-,18-,39?/m1/s1. The van der Waals surface area contributed by atoms with E-state index in [-0.39, 0.29) is 50.7 Å². The first-order valence-corrected chi connectivity index (χ1v) is 17.5. The lowest BCUT2D eigenvalue weighted by Crippen LogP contribution is -2.31. The number of ether oxygens (including phenoxy) is 2. The fourth-order valence-corrected chi connectivity index (χ4v) is 6.39. The van der Waals surface area contributed by atoms with Crippen LogP contribution in [0.3, 0.4) is 0 Å². The molecule has 2 unspecified atom stereocenters. The number of carbonyl (C=O) groups is 1. The third kappa shape index (κ3) is 6.84. The number of hydrogen-bond donors (Lipinski definition) is 4. The minimum absolute atomic E-state index is 0.0157. The van der Waals surface area contributed by atoms with Gasteiger partial charge in [-0.3, -0.25) is 33.2 Å². The highest BCUT2D eigenvalue weighted by Gasteiger charge is 2.50. The average Bonchev–Trinajstić information content (AvgIpc) is 3.74. The van der Waals surface area contributed by atoms with E-state index in [0.29, 0.717) is 17.2 Å². The van der Waals surface area contributed by atoms with Crippen molar-refractivity contribution in [1.82, 2.24) is 39.3 Å². The van der Waals surface area contributed by atoms with Crippen LogP contribution in [0.5, 0.6) is 0 Å². The molecular weight excluding hydrogens is 659 g/mol. The molecule has 5 rings (SSSR count). The summed E-state index contributed by atoms with van der Waals surface area (Å²) in [7, 11) is -0.250. The largest absolute Gasteiger partial charge is 0.466 e. The second kappa shape index (κ2) is 13.4. The van der Waals surface area contributed by atoms with Crippen LogP contribution in [0.2, 0.25) is 0 Å². The van der Waals surface area contributed by atoms with Crippen molar-refractivity contribution in [1.29, 1.82) is 0 Å². The van der Waals surface area contributed by atoms with E-state index in [9.17, 15) is 14.2 Å². The number of aromatic nitrogens is 8. The SMILES string of the molecule is Nc1nc2c(ncn2[C@@H]2O[C@H](COPS)[C@H](F)[C@H]2OP(=O)(S)OCc2nc(-c3cncs3)nn2CCOC=O)c(=O)[nH]1. The summed E-state index contributed by atoms with van der Waals surface area (Å²) in [6.07, 6.45) is -3.19. The molecule has 226 valence electrons. The van der Waals surface area contributed by atoms with Gasteiger partial charge in [0.1, 0.15) is 25.4 Å². The molecule has 0 bridgehead atoms. The number of aromatic amines is 1. The van der Waals surface area contributed by atoms with E-state index in [2.05, 4.69) is 54.5 Å². The molecule has 0 radical (unpaired) electrons. The Bertz CT molecular complexity index is 1640. The third-order valence-corrected chi connectivity index (χ3v) is 8.85. The van der Waals surface area contributed by atoms with Crippen molar-refractivity contribution >= 4 is 74.2 Å². The van der Waals surface area contributed by atoms with Gasteiger partial charge in [0.2, 0.25) is 5.95 Å². The van der Waals surface area contributed by atoms with Crippen LogP contribution in [0.15, 0.2) is 22.8 Å². The lowest BCUT2D eigenvalue weighted by Gasteiger charge is -2.23. The minimum Gasteiger partial charge on any atom is -0.466 e. The van der Waals surface area contributed by atoms with Crippen LogP contribution in [0.4, 0.5) is 10.3 Å². The molecule has 0 saturated carbocycles. The molecule has 0 amide bonds. The number of anilines is 1. The Morgan fingerprint density at radius 3 is 2.95 bits per heavy atom. The van der Waals surface area contributed by atoms with Crippen molar-refractivity contribution < 1.29 is 36.8 Å². The topological polar surface area (TPSA) is 213 Å². The Labute approximate surface area is 251 Å². The first kappa shape index (κ1) is 31.0. The van der Waals surface area contributed by atoms with E-state index in [1.807, 2.05) is 0 Å². The lowest BCUT2D eigenvalue weighted by molar-refractivity contribution is -0.129. The predicted octanol–water partition coefficient (Wildman–Crippen LogP) is 1.92. The Hall–Kier alpha value is -2.48. The van der Waals surface area contributed by atoms with Crippen molar-refractivity contribution in [3.63, 3.8) is 0 Å². The second-order valence-corrected chi connectivity index (χ2v) is 13.2. The highest BCUT2D eigenvalue weighted by molar-refractivity contribution is 8.44. The summed E-state index contributed by atoms with van der Waals surface area (Å²) in [6.45, 7) is -4.56. The van der Waals surface area contributed by atoms with Gasteiger partial charge in [-0.2, -0.15) is 4.98 Å². The van der Waals surface area contributed by atoms with Crippen LogP contribution in [-0.4, -0.2) is 77.3 Å². The number of H-pyrrole nitrogens is 1. The number of nitrogens with two attached hydrogens (primary N) is 1. The number of thiazole rings is 1. The van der Waals surface area contributed by atoms with Crippen LogP contribution < -0.4 is 11.3 Å². The molecule has 1 aliphatic heterocycles. The number of rotatable bonds is 14. The summed E-state index contributed by atoms with van der Waals surface area (Å²) in [6, 6.07) is 0. The number of nitrogens with zero attached hydrogens (tertiary/aromatic N) is 7. The molecule has 23 heteroatoms. The van der Waals surface area contributed by atoms with Crippen LogP contribution in [0.25, 0.3) is 21.9 Å². The van der Waals surface area contributed by atoms with Crippen LogP contribution in [0.1, 0.15) is 12.1 Å². The van der Waals surface area contributed by atoms with Crippen molar-refractivity contribution in [3.05, 3.63) is 34.2 Å². The molecule has 6 atom stereocenters. The van der Waals surface area contributed by atoms with Gasteiger partial charge in [-0.25, -0.2) is 23.6 Å². The number of hydrogen-bond acceptors (Lipinski definition) is 16. The quantitative estimate of drug-likeness (QED) is 0.0648. The number of carbonyl (C=O) groups excluding carboxylic acids is 1. The molecule has 4 aromatic rings. The van der Waals surface area contributed by atoms with Gasteiger partial charge in [-0.1, -0.05) is 12.2 Å². The highest BCUT2D eigenvalue weighted by atomic mass is 32.7. The molecule has 4 aromatic heterocycles. The van der Waals surface area contributed by atoms with Crippen LogP contribution in [0, 0.1) is 0 Å². The van der Waals surface area contributed by atoms with E-state index in [0.717, 1.165) is 0 Å². The zero-order chi connectivity index (χ0) is 29.9. The summed E-state index contributed by atoms with van der Waals surface area (Å²) in [5.41, 5.74) is 6.56. The lowest BCUT2D eigenvalue weighted by atomic mass is 10.1. The van der Waals surface area contributed by atoms with Gasteiger partial charge in [0.15, 0.2) is 35.2 Å². The summed E-state index contributed by atoms with van der Waals surface area (Å²) in [5, 5.41) is 4.36. The molecule has 0 aliphatic carbocycles. The van der Waals surface area contributed by atoms with Crippen LogP contribution >= 0.6 is 50.6 Å². The molecule has 1 saturated heterocycles. The minimum atomic E-state index is -4.32. The van der Waals surface area contributed by atoms with Crippen molar-refractivity contribution in [2.24, 2.45) is 0 Å². The normalized spacial score (nSPS) is 22.3. The average molecular weight is 682 g/mol. The van der Waals surface area contributed by atoms with Gasteiger partial charge in [0.25, 0.3) is 12.0 Å². The Kier molecular flexibility index (Phi) is 9.91. The fraction of sp³-hybridized carbons (Fsp3) is 0.421. The van der Waals surface area contributed by atoms with Gasteiger partial charge in [0, 0.05) is 6.20 Å². The molecule has 1 aliphatic rings. The zero-order valence-corrected chi connectivity index (χ0v) is 25.5. The smallest absolute Gasteiger partial charge is 0.387 e. The number of fused-ring (bicyclic) bond motifs is 1. The molecule has 42 heavy (non-hydrogen) atoms.